The Balaban J connectivity index is 1.60. The molecule has 3 aromatic rings. The van der Waals surface area contributed by atoms with E-state index in [1.165, 1.54) is 44.0 Å². The van der Waals surface area contributed by atoms with E-state index in [2.05, 4.69) is 10.2 Å². The van der Waals surface area contributed by atoms with Crippen LogP contribution in [-0.4, -0.2) is 56.9 Å². The van der Waals surface area contributed by atoms with Crippen LogP contribution in [0.4, 0.5) is 0 Å². The smallest absolute Gasteiger partial charge is 0.256 e. The lowest BCUT2D eigenvalue weighted by Crippen LogP contribution is -2.57. The van der Waals surface area contributed by atoms with Gasteiger partial charge in [-0.15, -0.1) is 10.2 Å². The molecule has 11 heteroatoms. The summed E-state index contributed by atoms with van der Waals surface area (Å²) in [6.07, 6.45) is 2.83. The first-order valence-corrected chi connectivity index (χ1v) is 10.9. The van der Waals surface area contributed by atoms with Gasteiger partial charge in [-0.3, -0.25) is 9.59 Å². The van der Waals surface area contributed by atoms with Crippen molar-refractivity contribution in [3.05, 3.63) is 51.3 Å². The topological polar surface area (TPSA) is 107 Å². The lowest BCUT2D eigenvalue weighted by molar-refractivity contribution is 0.0658. The first kappa shape index (κ1) is 18.6. The summed E-state index contributed by atoms with van der Waals surface area (Å²) in [6, 6.07) is 3.27. The van der Waals surface area contributed by atoms with Crippen molar-refractivity contribution in [3.8, 4) is 11.1 Å². The minimum Gasteiger partial charge on any atom is -0.336 e. The van der Waals surface area contributed by atoms with Gasteiger partial charge in [0, 0.05) is 45.0 Å². The third kappa shape index (κ3) is 2.96. The molecular weight excluding hydrogens is 402 g/mol. The zero-order valence-electron chi connectivity index (χ0n) is 15.1. The van der Waals surface area contributed by atoms with Crippen LogP contribution < -0.4 is 5.56 Å². The van der Waals surface area contributed by atoms with E-state index < -0.39 is 15.1 Å². The van der Waals surface area contributed by atoms with Gasteiger partial charge in [0.15, 0.2) is 0 Å². The summed E-state index contributed by atoms with van der Waals surface area (Å²) >= 11 is 1.47. The number of pyridine rings is 1. The zero-order chi connectivity index (χ0) is 20.1. The highest BCUT2D eigenvalue weighted by atomic mass is 32.2. The van der Waals surface area contributed by atoms with Gasteiger partial charge in [0.25, 0.3) is 11.5 Å². The number of nitrogens with zero attached hydrogens (tertiary/aromatic N) is 5. The van der Waals surface area contributed by atoms with Gasteiger partial charge in [-0.05, 0) is 22.4 Å². The number of carbonyl (C=O) groups is 1. The lowest BCUT2D eigenvalue weighted by Gasteiger charge is -2.38. The van der Waals surface area contributed by atoms with Gasteiger partial charge in [0.2, 0.25) is 15.0 Å². The van der Waals surface area contributed by atoms with Gasteiger partial charge < -0.3 is 14.0 Å². The molecule has 28 heavy (non-hydrogen) atoms. The number of carbonyl (C=O) groups excluding carboxylic acids is 1. The van der Waals surface area contributed by atoms with E-state index >= 15 is 0 Å². The fourth-order valence-electron chi connectivity index (χ4n) is 3.11. The number of aryl methyl sites for hydroxylation is 2. The second-order valence-electron chi connectivity index (χ2n) is 6.66. The van der Waals surface area contributed by atoms with E-state index in [9.17, 15) is 18.0 Å². The maximum Gasteiger partial charge on any atom is 0.256 e. The molecule has 4 heterocycles. The highest BCUT2D eigenvalue weighted by Crippen LogP contribution is 2.29. The summed E-state index contributed by atoms with van der Waals surface area (Å²) in [5.41, 5.74) is 1.49. The summed E-state index contributed by atoms with van der Waals surface area (Å²) < 4.78 is 28.0. The molecule has 0 atom stereocenters. The van der Waals surface area contributed by atoms with Crippen molar-refractivity contribution in [3.63, 3.8) is 0 Å². The third-order valence-electron chi connectivity index (χ3n) is 4.79. The average molecular weight is 419 g/mol. The van der Waals surface area contributed by atoms with Crippen LogP contribution in [0.5, 0.6) is 0 Å². The molecular formula is C17H17N5O4S2. The summed E-state index contributed by atoms with van der Waals surface area (Å²) in [6.45, 7) is 0.139. The molecule has 1 fully saturated rings. The number of aromatic nitrogens is 4. The van der Waals surface area contributed by atoms with Crippen LogP contribution in [0, 0.1) is 0 Å². The van der Waals surface area contributed by atoms with Crippen LogP contribution in [-0.2, 0) is 23.9 Å². The van der Waals surface area contributed by atoms with Crippen LogP contribution >= 0.6 is 11.3 Å². The SMILES string of the molecule is Cn1cnnc1S(=O)(=O)C1CN(C(=O)c2cn(C)c(=O)cc2-c2ccsc2)C1. The Morgan fingerprint density at radius 1 is 1.25 bits per heavy atom. The second kappa shape index (κ2) is 6.67. The number of amides is 1. The van der Waals surface area contributed by atoms with Crippen molar-refractivity contribution in [1.29, 1.82) is 0 Å². The molecule has 0 radical (unpaired) electrons. The molecule has 0 aliphatic carbocycles. The van der Waals surface area contributed by atoms with E-state index in [0.29, 0.717) is 11.1 Å². The first-order valence-electron chi connectivity index (χ1n) is 8.39. The van der Waals surface area contributed by atoms with Crippen molar-refractivity contribution in [2.45, 2.75) is 10.4 Å². The van der Waals surface area contributed by atoms with Gasteiger partial charge >= 0.3 is 0 Å². The van der Waals surface area contributed by atoms with E-state index in [1.54, 1.807) is 14.1 Å². The molecule has 0 spiro atoms. The fourth-order valence-corrected chi connectivity index (χ4v) is 5.42. The van der Waals surface area contributed by atoms with Gasteiger partial charge in [-0.25, -0.2) is 8.42 Å². The van der Waals surface area contributed by atoms with Crippen LogP contribution in [0.15, 0.2) is 45.4 Å². The van der Waals surface area contributed by atoms with Crippen molar-refractivity contribution in [2.24, 2.45) is 14.1 Å². The number of hydrogen-bond acceptors (Lipinski definition) is 7. The van der Waals surface area contributed by atoms with Crippen LogP contribution in [0.3, 0.4) is 0 Å². The first-order chi connectivity index (χ1) is 13.3. The third-order valence-corrected chi connectivity index (χ3v) is 7.53. The average Bonchev–Trinajstić information content (AvgIpc) is 3.26. The minimum atomic E-state index is -3.66. The number of rotatable bonds is 4. The molecule has 4 rings (SSSR count). The van der Waals surface area contributed by atoms with Crippen molar-refractivity contribution >= 4 is 27.1 Å². The van der Waals surface area contributed by atoms with Gasteiger partial charge in [0.1, 0.15) is 11.6 Å². The molecule has 0 unspecified atom stereocenters. The minimum absolute atomic E-state index is 0.0694. The van der Waals surface area contributed by atoms with E-state index in [4.69, 9.17) is 0 Å². The lowest BCUT2D eigenvalue weighted by atomic mass is 10.0. The quantitative estimate of drug-likeness (QED) is 0.611. The van der Waals surface area contributed by atoms with Crippen molar-refractivity contribution in [1.82, 2.24) is 24.2 Å². The summed E-state index contributed by atoms with van der Waals surface area (Å²) in [5, 5.41) is 10.2. The van der Waals surface area contributed by atoms with Crippen molar-refractivity contribution < 1.29 is 13.2 Å². The van der Waals surface area contributed by atoms with Crippen molar-refractivity contribution in [2.75, 3.05) is 13.1 Å². The predicted octanol–water partition coefficient (Wildman–Crippen LogP) is 0.541. The number of likely N-dealkylation sites (tertiary alicyclic amines) is 1. The zero-order valence-corrected chi connectivity index (χ0v) is 16.8. The van der Waals surface area contributed by atoms with Crippen LogP contribution in [0.1, 0.15) is 10.4 Å². The van der Waals surface area contributed by atoms with Crippen LogP contribution in [0.25, 0.3) is 11.1 Å². The second-order valence-corrected chi connectivity index (χ2v) is 9.57. The highest BCUT2D eigenvalue weighted by molar-refractivity contribution is 7.92. The Kier molecular flexibility index (Phi) is 4.42. The Bertz CT molecular complexity index is 1200. The number of sulfone groups is 1. The molecule has 3 aromatic heterocycles. The van der Waals surface area contributed by atoms with Gasteiger partial charge in [0.05, 0.1) is 5.56 Å². The maximum absolute atomic E-state index is 13.0. The molecule has 0 N–H and O–H groups in total. The molecule has 0 bridgehead atoms. The summed E-state index contributed by atoms with van der Waals surface area (Å²) in [7, 11) is -0.526. The molecule has 0 saturated carbocycles. The summed E-state index contributed by atoms with van der Waals surface area (Å²) in [5.74, 6) is -0.304. The molecule has 1 aliphatic rings. The molecule has 0 aromatic carbocycles. The Morgan fingerprint density at radius 3 is 2.61 bits per heavy atom. The fraction of sp³-hybridized carbons (Fsp3) is 0.294. The predicted molar refractivity (Wildman–Crippen MR) is 103 cm³/mol. The summed E-state index contributed by atoms with van der Waals surface area (Å²) in [4.78, 5) is 26.5. The molecule has 1 amide bonds. The Morgan fingerprint density at radius 2 is 2.00 bits per heavy atom. The normalized spacial score (nSPS) is 14.9. The Hall–Kier alpha value is -2.79. The highest BCUT2D eigenvalue weighted by Gasteiger charge is 2.43. The maximum atomic E-state index is 13.0. The molecule has 9 nitrogen and oxygen atoms in total. The van der Waals surface area contributed by atoms with E-state index in [0.717, 1.165) is 5.56 Å². The molecule has 1 aliphatic heterocycles. The Labute approximate surface area is 164 Å². The standard InChI is InChI=1S/C17H17N5O4S2/c1-20-8-14(13(5-15(20)23)11-3-4-27-9-11)16(24)22-6-12(7-22)28(25,26)17-19-18-10-21(17)2/h3-5,8-10,12H,6-7H2,1-2H3. The largest absolute Gasteiger partial charge is 0.336 e. The number of hydrogen-bond donors (Lipinski definition) is 0. The monoisotopic (exact) mass is 419 g/mol. The number of thiophene rings is 1. The van der Waals surface area contributed by atoms with Gasteiger partial charge in [-0.1, -0.05) is 0 Å². The van der Waals surface area contributed by atoms with Gasteiger partial charge in [-0.2, -0.15) is 11.3 Å². The molecule has 146 valence electrons. The molecule has 1 saturated heterocycles. The van der Waals surface area contributed by atoms with Crippen LogP contribution in [0.2, 0.25) is 0 Å². The van der Waals surface area contributed by atoms with E-state index in [-0.39, 0.29) is 29.7 Å². The van der Waals surface area contributed by atoms with E-state index in [1.807, 2.05) is 16.8 Å².